The van der Waals surface area contributed by atoms with E-state index < -0.39 is 0 Å². The van der Waals surface area contributed by atoms with Crippen molar-refractivity contribution in [1.29, 1.82) is 0 Å². The topological polar surface area (TPSA) is 64.7 Å². The minimum atomic E-state index is -0.0145. The van der Waals surface area contributed by atoms with Gasteiger partial charge in [-0.25, -0.2) is 9.78 Å². The summed E-state index contributed by atoms with van der Waals surface area (Å²) in [6.07, 6.45) is 5.34. The van der Waals surface area contributed by atoms with Gasteiger partial charge >= 0.3 is 0 Å². The van der Waals surface area contributed by atoms with Crippen molar-refractivity contribution in [1.82, 2.24) is 24.7 Å². The first-order valence-electron chi connectivity index (χ1n) is 12.9. The van der Waals surface area contributed by atoms with Crippen LogP contribution in [0.3, 0.4) is 0 Å². The summed E-state index contributed by atoms with van der Waals surface area (Å²) in [6, 6.07) is 14.9. The van der Waals surface area contributed by atoms with Crippen LogP contribution >= 0.6 is 0 Å². The van der Waals surface area contributed by atoms with Gasteiger partial charge in [0, 0.05) is 51.5 Å². The number of aromatic nitrogens is 2. The number of nitrogens with zero attached hydrogens (tertiary/aromatic N) is 4. The Morgan fingerprint density at radius 3 is 2.67 bits per heavy atom. The highest BCUT2D eigenvalue weighted by molar-refractivity contribution is 5.97. The van der Waals surface area contributed by atoms with Crippen molar-refractivity contribution in [2.75, 3.05) is 53.0 Å². The molecule has 0 spiro atoms. The minimum Gasteiger partial charge on any atom is -0.382 e. The molecule has 0 saturated carbocycles. The Balaban J connectivity index is 1.58. The first-order chi connectivity index (χ1) is 17.7. The largest absolute Gasteiger partial charge is 0.382 e. The summed E-state index contributed by atoms with van der Waals surface area (Å²) in [5, 5.41) is 2.42. The average Bonchev–Trinajstić information content (AvgIpc) is 3.57. The lowest BCUT2D eigenvalue weighted by atomic mass is 9.97. The van der Waals surface area contributed by atoms with E-state index in [1.165, 1.54) is 21.9 Å². The number of piperazine rings is 1. The van der Waals surface area contributed by atoms with Crippen LogP contribution in [-0.2, 0) is 9.53 Å². The van der Waals surface area contributed by atoms with Crippen molar-refractivity contribution >= 4 is 22.3 Å². The van der Waals surface area contributed by atoms with Gasteiger partial charge in [0.05, 0.1) is 30.0 Å². The molecule has 1 unspecified atom stereocenters. The molecule has 0 radical (unpaired) electrons. The summed E-state index contributed by atoms with van der Waals surface area (Å²) in [6.45, 7) is 7.79. The van der Waals surface area contributed by atoms with E-state index in [9.17, 15) is 4.79 Å². The molecule has 1 atom stereocenters. The summed E-state index contributed by atoms with van der Waals surface area (Å²) in [5.74, 6) is 2.38. The third kappa shape index (κ3) is 4.82. The zero-order valence-electron chi connectivity index (χ0n) is 21.2. The van der Waals surface area contributed by atoms with E-state index in [2.05, 4.69) is 80.1 Å². The van der Waals surface area contributed by atoms with Gasteiger partial charge in [-0.1, -0.05) is 42.5 Å². The summed E-state index contributed by atoms with van der Waals surface area (Å²) < 4.78 is 5.63. The fourth-order valence-corrected chi connectivity index (χ4v) is 5.50. The van der Waals surface area contributed by atoms with Gasteiger partial charge in [-0.15, -0.1) is 0 Å². The number of H-pyrrole nitrogens is 1. The smallest absolute Gasteiger partial charge is 0.152 e. The van der Waals surface area contributed by atoms with E-state index in [4.69, 9.17) is 4.74 Å². The number of rotatable bonds is 9. The van der Waals surface area contributed by atoms with Crippen molar-refractivity contribution in [3.63, 3.8) is 0 Å². The summed E-state index contributed by atoms with van der Waals surface area (Å²) in [5.41, 5.74) is 5.08. The Labute approximate surface area is 213 Å². The van der Waals surface area contributed by atoms with Crippen molar-refractivity contribution in [3.8, 4) is 0 Å². The number of imidazole rings is 1. The lowest BCUT2D eigenvalue weighted by Gasteiger charge is -2.36. The molecule has 3 aromatic rings. The van der Waals surface area contributed by atoms with Gasteiger partial charge in [-0.05, 0) is 43.1 Å². The molecule has 2 aromatic carbocycles. The minimum absolute atomic E-state index is 0.0145. The highest BCUT2D eigenvalue weighted by Crippen LogP contribution is 2.43. The summed E-state index contributed by atoms with van der Waals surface area (Å²) >= 11 is 0. The van der Waals surface area contributed by atoms with Crippen molar-refractivity contribution in [2.45, 2.75) is 25.8 Å². The van der Waals surface area contributed by atoms with Gasteiger partial charge in [-0.3, -0.25) is 0 Å². The number of benzene rings is 2. The quantitative estimate of drug-likeness (QED) is 0.364. The predicted octanol–water partition coefficient (Wildman–Crippen LogP) is 4.11. The molecular weight excluding hydrogens is 450 g/mol. The Morgan fingerprint density at radius 1 is 1.11 bits per heavy atom. The number of likely N-dealkylation sites (N-methyl/N-ethyl adjacent to an activating group) is 1. The van der Waals surface area contributed by atoms with Gasteiger partial charge in [0.1, 0.15) is 5.70 Å². The molecule has 1 N–H and O–H groups in total. The van der Waals surface area contributed by atoms with Crippen LogP contribution in [-0.4, -0.2) is 83.6 Å². The standard InChI is InChI=1S/C29H35N5O2/c1-3-36-17-7-12-27(26-18-30-21-31-26)34-19-25(24-11-6-9-22-8-4-5-10-23(22)24)29(28(34)20-35)33-15-13-32(2)14-16-33/h4-6,8-11,18,21,27H,3,7,12-17,19H2,1-2H3,(H,30,31). The molecule has 3 heterocycles. The van der Waals surface area contributed by atoms with Crippen LogP contribution < -0.4 is 0 Å². The number of aromatic amines is 1. The Hall–Kier alpha value is -3.38. The second-order valence-corrected chi connectivity index (χ2v) is 9.58. The number of nitrogens with one attached hydrogen (secondary N) is 1. The normalized spacial score (nSPS) is 17.8. The molecular formula is C29H35N5O2. The van der Waals surface area contributed by atoms with Crippen LogP contribution in [0, 0.1) is 0 Å². The Kier molecular flexibility index (Phi) is 7.52. The van der Waals surface area contributed by atoms with E-state index >= 15 is 0 Å². The average molecular weight is 486 g/mol. The summed E-state index contributed by atoms with van der Waals surface area (Å²) in [4.78, 5) is 27.3. The SMILES string of the molecule is CCOCCCC(c1cnc[nH]1)N1CC(c2cccc3ccccc23)=C(N2CCN(C)CC2)C1=C=O. The molecule has 7 nitrogen and oxygen atoms in total. The molecule has 1 saturated heterocycles. The van der Waals surface area contributed by atoms with E-state index in [0.29, 0.717) is 25.5 Å². The molecule has 0 aliphatic carbocycles. The highest BCUT2D eigenvalue weighted by atomic mass is 16.5. The predicted molar refractivity (Wildman–Crippen MR) is 143 cm³/mol. The number of carbonyl (C=O) groups excluding carboxylic acids is 1. The van der Waals surface area contributed by atoms with Gasteiger partial charge in [0.2, 0.25) is 0 Å². The highest BCUT2D eigenvalue weighted by Gasteiger charge is 2.38. The van der Waals surface area contributed by atoms with E-state index in [1.807, 2.05) is 13.1 Å². The second kappa shape index (κ2) is 11.1. The van der Waals surface area contributed by atoms with Crippen molar-refractivity contribution in [3.05, 3.63) is 77.6 Å². The molecule has 5 rings (SSSR count). The fourth-order valence-electron chi connectivity index (χ4n) is 5.50. The van der Waals surface area contributed by atoms with Gasteiger partial charge in [0.15, 0.2) is 5.94 Å². The molecule has 36 heavy (non-hydrogen) atoms. The Bertz CT molecular complexity index is 1250. The van der Waals surface area contributed by atoms with Gasteiger partial charge in [0.25, 0.3) is 0 Å². The monoisotopic (exact) mass is 485 g/mol. The van der Waals surface area contributed by atoms with Gasteiger partial charge < -0.3 is 24.4 Å². The first-order valence-corrected chi connectivity index (χ1v) is 12.9. The van der Waals surface area contributed by atoms with Crippen LogP contribution in [0.5, 0.6) is 0 Å². The van der Waals surface area contributed by atoms with E-state index in [1.54, 1.807) is 6.33 Å². The molecule has 0 bridgehead atoms. The van der Waals surface area contributed by atoms with Crippen LogP contribution in [0.2, 0.25) is 0 Å². The first kappa shape index (κ1) is 24.3. The maximum absolute atomic E-state index is 12.7. The zero-order chi connectivity index (χ0) is 24.9. The molecule has 0 amide bonds. The molecule has 2 aliphatic rings. The third-order valence-electron chi connectivity index (χ3n) is 7.38. The van der Waals surface area contributed by atoms with Crippen LogP contribution in [0.1, 0.15) is 37.1 Å². The Morgan fingerprint density at radius 2 is 1.92 bits per heavy atom. The van der Waals surface area contributed by atoms with Crippen LogP contribution in [0.25, 0.3) is 16.3 Å². The maximum atomic E-state index is 12.7. The number of hydrogen-bond donors (Lipinski definition) is 1. The van der Waals surface area contributed by atoms with Crippen LogP contribution in [0.4, 0.5) is 0 Å². The maximum Gasteiger partial charge on any atom is 0.152 e. The lowest BCUT2D eigenvalue weighted by Crippen LogP contribution is -2.44. The van der Waals surface area contributed by atoms with Crippen LogP contribution in [0.15, 0.2) is 66.4 Å². The molecule has 1 aromatic heterocycles. The molecule has 188 valence electrons. The lowest BCUT2D eigenvalue weighted by molar-refractivity contribution is 0.134. The van der Waals surface area contributed by atoms with E-state index in [-0.39, 0.29) is 6.04 Å². The summed E-state index contributed by atoms with van der Waals surface area (Å²) in [7, 11) is 2.15. The van der Waals surface area contributed by atoms with Crippen molar-refractivity contribution in [2.24, 2.45) is 0 Å². The number of fused-ring (bicyclic) bond motifs is 1. The van der Waals surface area contributed by atoms with E-state index in [0.717, 1.165) is 50.4 Å². The second-order valence-electron chi connectivity index (χ2n) is 9.58. The van der Waals surface area contributed by atoms with Crippen molar-refractivity contribution < 1.29 is 9.53 Å². The van der Waals surface area contributed by atoms with Gasteiger partial charge in [-0.2, -0.15) is 0 Å². The zero-order valence-corrected chi connectivity index (χ0v) is 21.2. The molecule has 1 fully saturated rings. The third-order valence-corrected chi connectivity index (χ3v) is 7.38. The molecule has 7 heteroatoms. The fraction of sp³-hybridized carbons (Fsp3) is 0.414. The number of ether oxygens (including phenoxy) is 1. The number of hydrogen-bond acceptors (Lipinski definition) is 6. The molecule has 2 aliphatic heterocycles.